The second kappa shape index (κ2) is 8.47. The predicted octanol–water partition coefficient (Wildman–Crippen LogP) is 4.20. The Bertz CT molecular complexity index is 1170. The topological polar surface area (TPSA) is 50.2 Å². The number of amides is 1. The molecule has 1 aromatic heterocycles. The highest BCUT2D eigenvalue weighted by Crippen LogP contribution is 2.20. The van der Waals surface area contributed by atoms with Gasteiger partial charge in [-0.2, -0.15) is 0 Å². The summed E-state index contributed by atoms with van der Waals surface area (Å²) in [6.45, 7) is 0.378. The van der Waals surface area contributed by atoms with Crippen molar-refractivity contribution in [2.45, 2.75) is 6.04 Å². The largest absolute Gasteiger partial charge is 0.350 e. The van der Waals surface area contributed by atoms with E-state index in [2.05, 4.69) is 10.3 Å². The summed E-state index contributed by atoms with van der Waals surface area (Å²) in [6, 6.07) is 21.6. The van der Waals surface area contributed by atoms with Crippen molar-refractivity contribution in [2.75, 3.05) is 20.6 Å². The maximum atomic E-state index is 13.6. The molecule has 0 spiro atoms. The summed E-state index contributed by atoms with van der Waals surface area (Å²) in [5, 5.41) is 2.96. The van der Waals surface area contributed by atoms with Crippen LogP contribution >= 0.6 is 0 Å². The normalized spacial score (nSPS) is 12.3. The minimum absolute atomic E-state index is 0.124. The summed E-state index contributed by atoms with van der Waals surface area (Å²) in [5.41, 5.74) is 4.26. The van der Waals surface area contributed by atoms with Crippen molar-refractivity contribution in [3.63, 3.8) is 0 Å². The van der Waals surface area contributed by atoms with Crippen LogP contribution in [0.3, 0.4) is 0 Å². The van der Waals surface area contributed by atoms with Crippen LogP contribution in [0.1, 0.15) is 22.0 Å². The number of halogens is 1. The van der Waals surface area contributed by atoms with E-state index in [4.69, 9.17) is 0 Å². The molecule has 0 fully saturated rings. The molecule has 152 valence electrons. The molecule has 4 rings (SSSR count). The summed E-state index contributed by atoms with van der Waals surface area (Å²) in [7, 11) is 3.82. The van der Waals surface area contributed by atoms with Gasteiger partial charge in [-0.1, -0.05) is 24.3 Å². The highest BCUT2D eigenvalue weighted by atomic mass is 19.1. The lowest BCUT2D eigenvalue weighted by Crippen LogP contribution is -2.34. The Kier molecular flexibility index (Phi) is 5.59. The van der Waals surface area contributed by atoms with Crippen LogP contribution < -0.4 is 5.32 Å². The van der Waals surface area contributed by atoms with E-state index in [-0.39, 0.29) is 17.8 Å². The molecular weight excluding hydrogens is 379 g/mol. The zero-order valence-electron chi connectivity index (χ0n) is 16.9. The molecule has 6 heteroatoms. The van der Waals surface area contributed by atoms with Crippen LogP contribution in [0.25, 0.3) is 16.7 Å². The van der Waals surface area contributed by atoms with E-state index in [0.29, 0.717) is 12.1 Å². The molecule has 0 aliphatic heterocycles. The Morgan fingerprint density at radius 2 is 1.83 bits per heavy atom. The average molecular weight is 402 g/mol. The molecule has 0 bridgehead atoms. The summed E-state index contributed by atoms with van der Waals surface area (Å²) in [6.07, 6.45) is 1.78. The maximum Gasteiger partial charge on any atom is 0.251 e. The molecule has 0 saturated heterocycles. The third kappa shape index (κ3) is 4.09. The molecule has 0 aliphatic rings. The highest BCUT2D eigenvalue weighted by Gasteiger charge is 2.16. The van der Waals surface area contributed by atoms with Gasteiger partial charge in [-0.3, -0.25) is 9.36 Å². The molecule has 0 radical (unpaired) electrons. The number of carbonyl (C=O) groups excluding carboxylic acids is 1. The molecule has 3 aromatic carbocycles. The first kappa shape index (κ1) is 19.8. The minimum atomic E-state index is -0.284. The van der Waals surface area contributed by atoms with Crippen LogP contribution in [0.15, 0.2) is 79.1 Å². The lowest BCUT2D eigenvalue weighted by Gasteiger charge is -2.25. The van der Waals surface area contributed by atoms with Crippen LogP contribution in [0.4, 0.5) is 4.39 Å². The second-order valence-electron chi connectivity index (χ2n) is 7.39. The van der Waals surface area contributed by atoms with Gasteiger partial charge in [0.1, 0.15) is 12.1 Å². The van der Waals surface area contributed by atoms with Crippen LogP contribution in [-0.2, 0) is 0 Å². The van der Waals surface area contributed by atoms with Crippen molar-refractivity contribution in [3.05, 3.63) is 96.1 Å². The molecule has 0 aliphatic carbocycles. The van der Waals surface area contributed by atoms with Gasteiger partial charge >= 0.3 is 0 Å². The third-order valence-electron chi connectivity index (χ3n) is 5.17. The van der Waals surface area contributed by atoms with Gasteiger partial charge < -0.3 is 10.2 Å². The number of benzene rings is 3. The molecular formula is C24H23FN4O. The predicted molar refractivity (Wildman–Crippen MR) is 116 cm³/mol. The van der Waals surface area contributed by atoms with Gasteiger partial charge in [-0.25, -0.2) is 9.37 Å². The lowest BCUT2D eigenvalue weighted by molar-refractivity contribution is 0.0942. The number of imidazole rings is 1. The molecule has 1 amide bonds. The number of carbonyl (C=O) groups is 1. The van der Waals surface area contributed by atoms with Crippen molar-refractivity contribution >= 4 is 16.9 Å². The first-order valence-electron chi connectivity index (χ1n) is 9.75. The Balaban J connectivity index is 1.47. The molecule has 4 aromatic rings. The molecule has 1 atom stereocenters. The fraction of sp³-hybridized carbons (Fsp3) is 0.167. The number of aromatic nitrogens is 2. The highest BCUT2D eigenvalue weighted by molar-refractivity contribution is 5.94. The fourth-order valence-corrected chi connectivity index (χ4v) is 3.54. The molecule has 0 saturated carbocycles. The van der Waals surface area contributed by atoms with Gasteiger partial charge in [0.25, 0.3) is 5.91 Å². The summed E-state index contributed by atoms with van der Waals surface area (Å²) in [5.74, 6) is -0.450. The van der Waals surface area contributed by atoms with Gasteiger partial charge in [0.2, 0.25) is 0 Å². The number of hydrogen-bond donors (Lipinski definition) is 1. The van der Waals surface area contributed by atoms with E-state index in [9.17, 15) is 9.18 Å². The van der Waals surface area contributed by atoms with Crippen LogP contribution in [0, 0.1) is 5.82 Å². The van der Waals surface area contributed by atoms with Crippen molar-refractivity contribution in [3.8, 4) is 5.69 Å². The van der Waals surface area contributed by atoms with E-state index in [1.54, 1.807) is 24.5 Å². The quantitative estimate of drug-likeness (QED) is 0.526. The van der Waals surface area contributed by atoms with Gasteiger partial charge in [0, 0.05) is 17.8 Å². The van der Waals surface area contributed by atoms with Crippen molar-refractivity contribution in [2.24, 2.45) is 0 Å². The summed E-state index contributed by atoms with van der Waals surface area (Å²) in [4.78, 5) is 19.0. The number of rotatable bonds is 6. The molecule has 1 heterocycles. The summed E-state index contributed by atoms with van der Waals surface area (Å²) < 4.78 is 15.6. The van der Waals surface area contributed by atoms with E-state index < -0.39 is 0 Å². The van der Waals surface area contributed by atoms with E-state index in [0.717, 1.165) is 22.3 Å². The number of nitrogens with zero attached hydrogens (tertiary/aromatic N) is 3. The first-order chi connectivity index (χ1) is 14.5. The van der Waals surface area contributed by atoms with Crippen molar-refractivity contribution < 1.29 is 9.18 Å². The molecule has 5 nitrogen and oxygen atoms in total. The fourth-order valence-electron chi connectivity index (χ4n) is 3.54. The standard InChI is InChI=1S/C24H23FN4O/c1-28(2)23(18-6-5-7-19(25)14-18)15-26-24(30)17-10-12-20(13-11-17)29-16-27-21-8-3-4-9-22(21)29/h3-14,16,23H,15H2,1-2H3,(H,26,30)/t23-/m0/s1. The van der Waals surface area contributed by atoms with E-state index in [1.165, 1.54) is 12.1 Å². The van der Waals surface area contributed by atoms with Gasteiger partial charge in [0.05, 0.1) is 17.1 Å². The average Bonchev–Trinajstić information content (AvgIpc) is 3.18. The smallest absolute Gasteiger partial charge is 0.251 e. The van der Waals surface area contributed by atoms with Crippen molar-refractivity contribution in [1.82, 2.24) is 19.8 Å². The summed E-state index contributed by atoms with van der Waals surface area (Å²) >= 11 is 0. The molecule has 1 N–H and O–H groups in total. The first-order valence-corrected chi connectivity index (χ1v) is 9.75. The van der Waals surface area contributed by atoms with Crippen LogP contribution in [-0.4, -0.2) is 41.0 Å². The second-order valence-corrected chi connectivity index (χ2v) is 7.39. The number of para-hydroxylation sites is 2. The maximum absolute atomic E-state index is 13.6. The van der Waals surface area contributed by atoms with Crippen LogP contribution in [0.5, 0.6) is 0 Å². The van der Waals surface area contributed by atoms with Crippen LogP contribution in [0.2, 0.25) is 0 Å². The Morgan fingerprint density at radius 1 is 1.07 bits per heavy atom. The number of fused-ring (bicyclic) bond motifs is 1. The third-order valence-corrected chi connectivity index (χ3v) is 5.17. The van der Waals surface area contributed by atoms with Crippen molar-refractivity contribution in [1.29, 1.82) is 0 Å². The molecule has 30 heavy (non-hydrogen) atoms. The Labute approximate surface area is 174 Å². The minimum Gasteiger partial charge on any atom is -0.350 e. The van der Waals surface area contributed by atoms with Gasteiger partial charge in [0.15, 0.2) is 0 Å². The number of hydrogen-bond acceptors (Lipinski definition) is 3. The van der Waals surface area contributed by atoms with Gasteiger partial charge in [-0.05, 0) is 68.2 Å². The Morgan fingerprint density at radius 3 is 2.57 bits per heavy atom. The van der Waals surface area contributed by atoms with E-state index in [1.807, 2.05) is 66.0 Å². The van der Waals surface area contributed by atoms with Gasteiger partial charge in [-0.15, -0.1) is 0 Å². The number of nitrogens with one attached hydrogen (secondary N) is 1. The van der Waals surface area contributed by atoms with E-state index >= 15 is 0 Å². The number of likely N-dealkylation sites (N-methyl/N-ethyl adjacent to an activating group) is 1. The monoisotopic (exact) mass is 402 g/mol. The molecule has 0 unspecified atom stereocenters. The Hall–Kier alpha value is -3.51. The lowest BCUT2D eigenvalue weighted by atomic mass is 10.1. The zero-order valence-corrected chi connectivity index (χ0v) is 16.9. The zero-order chi connectivity index (χ0) is 21.1. The SMILES string of the molecule is CN(C)[C@@H](CNC(=O)c1ccc(-n2cnc3ccccc32)cc1)c1cccc(F)c1.